The van der Waals surface area contributed by atoms with Crippen LogP contribution in [0, 0.1) is 0 Å². The molecule has 1 aromatic heterocycles. The number of hydrogen-bond acceptors (Lipinski definition) is 2. The van der Waals surface area contributed by atoms with Gasteiger partial charge < -0.3 is 5.32 Å². The van der Waals surface area contributed by atoms with Gasteiger partial charge in [-0.25, -0.2) is 4.68 Å². The van der Waals surface area contributed by atoms with Crippen molar-refractivity contribution in [2.75, 3.05) is 11.9 Å². The zero-order valence-electron chi connectivity index (χ0n) is 14.7. The van der Waals surface area contributed by atoms with Crippen molar-refractivity contribution in [3.05, 3.63) is 63.6 Å². The van der Waals surface area contributed by atoms with E-state index in [-0.39, 0.29) is 0 Å². The molecule has 3 nitrogen and oxygen atoms in total. The maximum absolute atomic E-state index is 13.2. The molecule has 0 saturated carbocycles. The molecule has 0 fully saturated rings. The van der Waals surface area contributed by atoms with Crippen LogP contribution in [0.3, 0.4) is 0 Å². The summed E-state index contributed by atoms with van der Waals surface area (Å²) < 4.78 is 41.2. The predicted molar refractivity (Wildman–Crippen MR) is 105 cm³/mol. The van der Waals surface area contributed by atoms with Gasteiger partial charge in [0, 0.05) is 22.7 Å². The summed E-state index contributed by atoms with van der Waals surface area (Å²) in [5.74, 6) is 0.758. The SMILES string of the molecule is FC(F)(F)c1cccc(-c2nn(-c3ccc(Cl)cc3Cl)c3c2CCCCN3)c1. The van der Waals surface area contributed by atoms with Gasteiger partial charge in [0.15, 0.2) is 0 Å². The maximum atomic E-state index is 13.2. The van der Waals surface area contributed by atoms with Crippen molar-refractivity contribution >= 4 is 29.0 Å². The van der Waals surface area contributed by atoms with Crippen LogP contribution in [0.4, 0.5) is 19.0 Å². The highest BCUT2D eigenvalue weighted by molar-refractivity contribution is 6.35. The second-order valence-electron chi connectivity index (χ2n) is 6.65. The van der Waals surface area contributed by atoms with E-state index in [1.807, 2.05) is 0 Å². The van der Waals surface area contributed by atoms with Crippen molar-refractivity contribution < 1.29 is 13.2 Å². The van der Waals surface area contributed by atoms with E-state index < -0.39 is 11.7 Å². The molecule has 0 bridgehead atoms. The quantitative estimate of drug-likeness (QED) is 0.500. The highest BCUT2D eigenvalue weighted by atomic mass is 35.5. The number of aromatic nitrogens is 2. The minimum Gasteiger partial charge on any atom is -0.370 e. The Bertz CT molecular complexity index is 1030. The molecule has 2 heterocycles. The number of nitrogens with zero attached hydrogens (tertiary/aromatic N) is 2. The lowest BCUT2D eigenvalue weighted by molar-refractivity contribution is -0.137. The Hall–Kier alpha value is -2.18. The van der Waals surface area contributed by atoms with Gasteiger partial charge in [-0.2, -0.15) is 18.3 Å². The molecule has 3 aromatic rings. The van der Waals surface area contributed by atoms with E-state index in [0.717, 1.165) is 49.3 Å². The van der Waals surface area contributed by atoms with Gasteiger partial charge in [0.05, 0.1) is 22.0 Å². The van der Waals surface area contributed by atoms with Gasteiger partial charge in [-0.15, -0.1) is 0 Å². The van der Waals surface area contributed by atoms with Crippen LogP contribution in [0.5, 0.6) is 0 Å². The Morgan fingerprint density at radius 2 is 1.86 bits per heavy atom. The molecule has 0 saturated heterocycles. The first kappa shape index (κ1) is 19.2. The zero-order valence-corrected chi connectivity index (χ0v) is 16.2. The second-order valence-corrected chi connectivity index (χ2v) is 7.49. The summed E-state index contributed by atoms with van der Waals surface area (Å²) >= 11 is 12.4. The first-order valence-corrected chi connectivity index (χ1v) is 9.59. The molecule has 8 heteroatoms. The third kappa shape index (κ3) is 3.59. The van der Waals surface area contributed by atoms with Gasteiger partial charge in [-0.1, -0.05) is 35.3 Å². The molecule has 0 aliphatic carbocycles. The van der Waals surface area contributed by atoms with Crippen molar-refractivity contribution in [3.8, 4) is 16.9 Å². The van der Waals surface area contributed by atoms with Crippen molar-refractivity contribution in [3.63, 3.8) is 0 Å². The molecule has 1 aliphatic heterocycles. The van der Waals surface area contributed by atoms with Crippen LogP contribution in [-0.4, -0.2) is 16.3 Å². The Balaban J connectivity index is 1.91. The molecule has 0 radical (unpaired) electrons. The summed E-state index contributed by atoms with van der Waals surface area (Å²) in [6, 6.07) is 10.3. The summed E-state index contributed by atoms with van der Waals surface area (Å²) in [5, 5.41) is 8.92. The minimum atomic E-state index is -4.41. The first-order chi connectivity index (χ1) is 13.3. The van der Waals surface area contributed by atoms with Crippen molar-refractivity contribution in [2.24, 2.45) is 0 Å². The fraction of sp³-hybridized carbons (Fsp3) is 0.250. The third-order valence-electron chi connectivity index (χ3n) is 4.73. The summed E-state index contributed by atoms with van der Waals surface area (Å²) in [6.07, 6.45) is -1.80. The average molecular weight is 426 g/mol. The molecule has 1 N–H and O–H groups in total. The van der Waals surface area contributed by atoms with E-state index in [1.54, 1.807) is 28.9 Å². The lowest BCUT2D eigenvalue weighted by Gasteiger charge is -2.10. The van der Waals surface area contributed by atoms with Gasteiger partial charge in [-0.05, 0) is 49.6 Å². The van der Waals surface area contributed by atoms with E-state index >= 15 is 0 Å². The molecule has 0 amide bonds. The molecule has 28 heavy (non-hydrogen) atoms. The molecule has 1 aliphatic rings. The van der Waals surface area contributed by atoms with Crippen LogP contribution in [0.25, 0.3) is 16.9 Å². The number of halogens is 5. The zero-order chi connectivity index (χ0) is 19.9. The molecule has 2 aromatic carbocycles. The predicted octanol–water partition coefficient (Wildman–Crippen LogP) is 6.61. The summed E-state index contributed by atoms with van der Waals surface area (Å²) in [5.41, 5.74) is 1.78. The normalized spacial score (nSPS) is 14.3. The fourth-order valence-electron chi connectivity index (χ4n) is 3.40. The Morgan fingerprint density at radius 1 is 1.04 bits per heavy atom. The molecular formula is C20H16Cl2F3N3. The summed E-state index contributed by atoms with van der Waals surface area (Å²) in [4.78, 5) is 0. The van der Waals surface area contributed by atoms with Crippen molar-refractivity contribution in [2.45, 2.75) is 25.4 Å². The minimum absolute atomic E-state index is 0.416. The van der Waals surface area contributed by atoms with Gasteiger partial charge >= 0.3 is 6.18 Å². The number of anilines is 1. The molecule has 0 unspecified atom stereocenters. The van der Waals surface area contributed by atoms with Crippen LogP contribution in [-0.2, 0) is 12.6 Å². The van der Waals surface area contributed by atoms with Crippen LogP contribution >= 0.6 is 23.2 Å². The summed E-state index contributed by atoms with van der Waals surface area (Å²) in [7, 11) is 0. The number of hydrogen-bond donors (Lipinski definition) is 1. The van der Waals surface area contributed by atoms with Gasteiger partial charge in [0.1, 0.15) is 5.82 Å². The largest absolute Gasteiger partial charge is 0.416 e. The van der Waals surface area contributed by atoms with Crippen LogP contribution in [0.15, 0.2) is 42.5 Å². The highest BCUT2D eigenvalue weighted by Gasteiger charge is 2.31. The second kappa shape index (κ2) is 7.33. The molecule has 4 rings (SSSR count). The summed E-state index contributed by atoms with van der Waals surface area (Å²) in [6.45, 7) is 0.756. The van der Waals surface area contributed by atoms with Gasteiger partial charge in [-0.3, -0.25) is 0 Å². The van der Waals surface area contributed by atoms with Gasteiger partial charge in [0.2, 0.25) is 0 Å². The van der Waals surface area contributed by atoms with Crippen LogP contribution in [0.1, 0.15) is 24.0 Å². The van der Waals surface area contributed by atoms with E-state index in [2.05, 4.69) is 10.4 Å². The Morgan fingerprint density at radius 3 is 2.61 bits per heavy atom. The highest BCUT2D eigenvalue weighted by Crippen LogP contribution is 2.38. The topological polar surface area (TPSA) is 29.9 Å². The lowest BCUT2D eigenvalue weighted by Crippen LogP contribution is -2.07. The Labute approximate surface area is 170 Å². The lowest BCUT2D eigenvalue weighted by atomic mass is 10.0. The monoisotopic (exact) mass is 425 g/mol. The average Bonchev–Trinajstić information content (AvgIpc) is 2.83. The van der Waals surface area contributed by atoms with Crippen LogP contribution in [0.2, 0.25) is 10.0 Å². The standard InChI is InChI=1S/C20H16Cl2F3N3/c21-14-7-8-17(16(22)11-14)28-19-15(6-1-2-9-26-19)18(27-28)12-4-3-5-13(10-12)20(23,24)25/h3-5,7-8,10-11,26H,1-2,6,9H2. The smallest absolute Gasteiger partial charge is 0.370 e. The number of alkyl halides is 3. The van der Waals surface area contributed by atoms with E-state index in [9.17, 15) is 13.2 Å². The van der Waals surface area contributed by atoms with Crippen LogP contribution < -0.4 is 5.32 Å². The first-order valence-electron chi connectivity index (χ1n) is 8.83. The molecule has 146 valence electrons. The number of fused-ring (bicyclic) bond motifs is 1. The van der Waals surface area contributed by atoms with Crippen molar-refractivity contribution in [1.82, 2.24) is 9.78 Å². The van der Waals surface area contributed by atoms with E-state index in [4.69, 9.17) is 23.2 Å². The number of benzene rings is 2. The van der Waals surface area contributed by atoms with E-state index in [0.29, 0.717) is 27.0 Å². The van der Waals surface area contributed by atoms with Gasteiger partial charge in [0.25, 0.3) is 0 Å². The fourth-order valence-corrected chi connectivity index (χ4v) is 3.89. The number of rotatable bonds is 2. The molecular weight excluding hydrogens is 410 g/mol. The molecule has 0 atom stereocenters. The maximum Gasteiger partial charge on any atom is 0.416 e. The number of nitrogens with one attached hydrogen (secondary N) is 1. The van der Waals surface area contributed by atoms with Crippen molar-refractivity contribution in [1.29, 1.82) is 0 Å². The van der Waals surface area contributed by atoms with E-state index in [1.165, 1.54) is 6.07 Å². The molecule has 0 spiro atoms. The Kier molecular flexibility index (Phi) is 5.02. The third-order valence-corrected chi connectivity index (χ3v) is 5.27.